The Hall–Kier alpha value is -4.16. The summed E-state index contributed by atoms with van der Waals surface area (Å²) in [6.07, 6.45) is 7.74. The largest absolute Gasteiger partial charge is 0.473 e. The summed E-state index contributed by atoms with van der Waals surface area (Å²) in [5.74, 6) is 0.536. The second kappa shape index (κ2) is 9.13. The van der Waals surface area contributed by atoms with Crippen molar-refractivity contribution in [3.05, 3.63) is 102 Å². The molecule has 0 amide bonds. The molecule has 1 unspecified atom stereocenters. The highest BCUT2D eigenvalue weighted by Gasteiger charge is 2.26. The number of benzene rings is 3. The van der Waals surface area contributed by atoms with E-state index in [0.717, 1.165) is 35.9 Å². The molecule has 1 aliphatic carbocycles. The average Bonchev–Trinajstić information content (AvgIpc) is 3.60. The molecule has 3 aromatic carbocycles. The molecule has 1 aliphatic rings. The van der Waals surface area contributed by atoms with Gasteiger partial charge in [-0.05, 0) is 88.7 Å². The first-order chi connectivity index (χ1) is 17.7. The minimum absolute atomic E-state index is 0.0543. The molecule has 36 heavy (non-hydrogen) atoms. The van der Waals surface area contributed by atoms with E-state index in [4.69, 9.17) is 5.73 Å². The fraction of sp³-hybridized carbons (Fsp3) is 0.200. The van der Waals surface area contributed by atoms with Gasteiger partial charge in [0, 0.05) is 11.7 Å². The molecule has 3 heterocycles. The van der Waals surface area contributed by atoms with Crippen LogP contribution in [0.5, 0.6) is 0 Å². The zero-order chi connectivity index (χ0) is 24.6. The van der Waals surface area contributed by atoms with E-state index >= 15 is 0 Å². The molecule has 0 spiro atoms. The zero-order valence-corrected chi connectivity index (χ0v) is 20.2. The summed E-state index contributed by atoms with van der Waals surface area (Å²) in [5.41, 5.74) is 11.9. The summed E-state index contributed by atoms with van der Waals surface area (Å²) in [4.78, 5) is 8.69. The van der Waals surface area contributed by atoms with Gasteiger partial charge in [0.05, 0.1) is 24.5 Å². The third kappa shape index (κ3) is 3.71. The summed E-state index contributed by atoms with van der Waals surface area (Å²) in [6.45, 7) is 2.17. The van der Waals surface area contributed by atoms with Crippen LogP contribution in [-0.2, 0) is 19.4 Å². The van der Waals surface area contributed by atoms with Crippen LogP contribution in [0.2, 0.25) is 0 Å². The second-order valence-corrected chi connectivity index (χ2v) is 9.38. The Bertz CT molecular complexity index is 1670. The standard InChI is InChI=1S/C26H24N4O.C4H4O/c1-15-10-23-25(27)28-14-29-26(23)30(15)19-7-9-21-17(12-19)6-8-22-20-5-3-2-4-16(20)11-18(13-31)24(21)22;1-2-4-5-3-1/h2-6,8,10-11,14,19,31H,7,9,12-13H2,1H3,(H2,27,28,29);1-4H. The third-order valence-corrected chi connectivity index (χ3v) is 7.31. The molecule has 6 heteroatoms. The zero-order valence-electron chi connectivity index (χ0n) is 20.2. The van der Waals surface area contributed by atoms with E-state index in [-0.39, 0.29) is 6.61 Å². The van der Waals surface area contributed by atoms with Gasteiger partial charge in [-0.1, -0.05) is 36.4 Å². The van der Waals surface area contributed by atoms with Crippen LogP contribution < -0.4 is 5.73 Å². The number of nitrogens with two attached hydrogens (primary N) is 1. The van der Waals surface area contributed by atoms with Crippen LogP contribution in [0.1, 0.15) is 34.8 Å². The predicted octanol–water partition coefficient (Wildman–Crippen LogP) is 6.13. The highest BCUT2D eigenvalue weighted by atomic mass is 16.3. The van der Waals surface area contributed by atoms with Gasteiger partial charge < -0.3 is 19.8 Å². The van der Waals surface area contributed by atoms with E-state index in [1.807, 2.05) is 12.1 Å². The first kappa shape index (κ1) is 22.3. The van der Waals surface area contributed by atoms with E-state index in [9.17, 15) is 5.11 Å². The maximum Gasteiger partial charge on any atom is 0.145 e. The first-order valence-electron chi connectivity index (χ1n) is 12.3. The van der Waals surface area contributed by atoms with Gasteiger partial charge in [0.15, 0.2) is 0 Å². The van der Waals surface area contributed by atoms with Gasteiger partial charge >= 0.3 is 0 Å². The number of anilines is 1. The number of aliphatic hydroxyl groups excluding tert-OH is 1. The lowest BCUT2D eigenvalue weighted by molar-refractivity contribution is 0.283. The second-order valence-electron chi connectivity index (χ2n) is 9.38. The van der Waals surface area contributed by atoms with Crippen molar-refractivity contribution in [2.24, 2.45) is 0 Å². The average molecular weight is 477 g/mol. The Kier molecular flexibility index (Phi) is 5.66. The molecule has 7 rings (SSSR count). The maximum atomic E-state index is 10.1. The minimum atomic E-state index is 0.0543. The summed E-state index contributed by atoms with van der Waals surface area (Å²) in [7, 11) is 0. The number of nitrogens with zero attached hydrogens (tertiary/aromatic N) is 3. The predicted molar refractivity (Wildman–Crippen MR) is 144 cm³/mol. The number of rotatable bonds is 2. The normalized spacial score (nSPS) is 15.1. The van der Waals surface area contributed by atoms with E-state index in [2.05, 4.69) is 74.4 Å². The number of hydrogen-bond acceptors (Lipinski definition) is 5. The number of hydrogen-bond donors (Lipinski definition) is 2. The van der Waals surface area contributed by atoms with Crippen LogP contribution in [0, 0.1) is 6.92 Å². The number of aromatic nitrogens is 3. The van der Waals surface area contributed by atoms with Crippen LogP contribution in [0.15, 0.2) is 83.9 Å². The smallest absolute Gasteiger partial charge is 0.145 e. The van der Waals surface area contributed by atoms with Crippen LogP contribution in [0.3, 0.4) is 0 Å². The highest BCUT2D eigenvalue weighted by Crippen LogP contribution is 2.39. The third-order valence-electron chi connectivity index (χ3n) is 7.31. The molecule has 0 fully saturated rings. The van der Waals surface area contributed by atoms with Crippen LogP contribution >= 0.6 is 0 Å². The van der Waals surface area contributed by atoms with Gasteiger partial charge in [-0.3, -0.25) is 0 Å². The molecule has 6 aromatic rings. The van der Waals surface area contributed by atoms with Crippen molar-refractivity contribution in [1.82, 2.24) is 14.5 Å². The lowest BCUT2D eigenvalue weighted by atomic mass is 9.82. The van der Waals surface area contributed by atoms with Gasteiger partial charge in [0.2, 0.25) is 0 Å². The Morgan fingerprint density at radius 1 is 1.00 bits per heavy atom. The maximum absolute atomic E-state index is 10.1. The van der Waals surface area contributed by atoms with Crippen molar-refractivity contribution >= 4 is 38.4 Å². The van der Waals surface area contributed by atoms with E-state index < -0.39 is 0 Å². The molecule has 1 atom stereocenters. The quantitative estimate of drug-likeness (QED) is 0.293. The molecule has 0 aliphatic heterocycles. The molecule has 3 aromatic heterocycles. The highest BCUT2D eigenvalue weighted by molar-refractivity contribution is 6.10. The molecule has 6 nitrogen and oxygen atoms in total. The number of aryl methyl sites for hydroxylation is 2. The molecule has 0 bridgehead atoms. The van der Waals surface area contributed by atoms with Crippen molar-refractivity contribution in [2.45, 2.75) is 38.8 Å². The Balaban J connectivity index is 0.000000431. The topological polar surface area (TPSA) is 90.1 Å². The summed E-state index contributed by atoms with van der Waals surface area (Å²) < 4.78 is 6.91. The van der Waals surface area contributed by atoms with Crippen molar-refractivity contribution in [3.8, 4) is 0 Å². The van der Waals surface area contributed by atoms with Gasteiger partial charge in [0.1, 0.15) is 17.8 Å². The summed E-state index contributed by atoms with van der Waals surface area (Å²) in [5, 5.41) is 16.0. The fourth-order valence-corrected chi connectivity index (χ4v) is 5.76. The lowest BCUT2D eigenvalue weighted by Gasteiger charge is -2.29. The molecule has 0 saturated heterocycles. The monoisotopic (exact) mass is 476 g/mol. The van der Waals surface area contributed by atoms with Crippen LogP contribution in [0.25, 0.3) is 32.6 Å². The van der Waals surface area contributed by atoms with Gasteiger partial charge in [-0.15, -0.1) is 0 Å². The molecule has 0 radical (unpaired) electrons. The number of aliphatic hydroxyl groups is 1. The summed E-state index contributed by atoms with van der Waals surface area (Å²) >= 11 is 0. The Morgan fingerprint density at radius 2 is 1.83 bits per heavy atom. The molecule has 0 saturated carbocycles. The van der Waals surface area contributed by atoms with E-state index in [0.29, 0.717) is 11.9 Å². The van der Waals surface area contributed by atoms with Crippen LogP contribution in [0.4, 0.5) is 5.82 Å². The summed E-state index contributed by atoms with van der Waals surface area (Å²) in [6, 6.07) is 21.2. The van der Waals surface area contributed by atoms with Crippen molar-refractivity contribution in [1.29, 1.82) is 0 Å². The molecular formula is C30H28N4O2. The van der Waals surface area contributed by atoms with Gasteiger partial charge in [-0.25, -0.2) is 9.97 Å². The van der Waals surface area contributed by atoms with Gasteiger partial charge in [0.25, 0.3) is 0 Å². The first-order valence-corrected chi connectivity index (χ1v) is 12.3. The van der Waals surface area contributed by atoms with E-state index in [1.54, 1.807) is 18.9 Å². The number of fused-ring (bicyclic) bond motifs is 6. The van der Waals surface area contributed by atoms with Crippen molar-refractivity contribution in [3.63, 3.8) is 0 Å². The van der Waals surface area contributed by atoms with Gasteiger partial charge in [-0.2, -0.15) is 0 Å². The molecular weight excluding hydrogens is 448 g/mol. The minimum Gasteiger partial charge on any atom is -0.473 e. The Labute approximate surface area is 209 Å². The molecule has 3 N–H and O–H groups in total. The van der Waals surface area contributed by atoms with Crippen molar-refractivity contribution in [2.75, 3.05) is 5.73 Å². The fourth-order valence-electron chi connectivity index (χ4n) is 5.76. The lowest BCUT2D eigenvalue weighted by Crippen LogP contribution is -2.20. The SMILES string of the molecule is Cc1cc2c(N)ncnc2n1C1CCc2c(ccc3c2c(CO)cc2ccccc23)C1.c1ccoc1. The number of furan rings is 1. The molecule has 180 valence electrons. The Morgan fingerprint density at radius 3 is 2.61 bits per heavy atom. The van der Waals surface area contributed by atoms with Crippen LogP contribution in [-0.4, -0.2) is 19.6 Å². The number of nitrogen functional groups attached to an aromatic ring is 1. The van der Waals surface area contributed by atoms with Crippen molar-refractivity contribution < 1.29 is 9.52 Å². The van der Waals surface area contributed by atoms with E-state index in [1.165, 1.54) is 38.4 Å².